The van der Waals surface area contributed by atoms with E-state index < -0.39 is 59.2 Å². The molecule has 0 saturated carbocycles. The molecule has 0 aromatic heterocycles. The fourth-order valence-corrected chi connectivity index (χ4v) is 3.78. The molecule has 0 bridgehead atoms. The lowest BCUT2D eigenvalue weighted by Gasteiger charge is -2.38. The first-order valence-corrected chi connectivity index (χ1v) is 12.2. The number of carbonyl (C=O) groups excluding carboxylic acids is 4. The van der Waals surface area contributed by atoms with E-state index in [0.717, 1.165) is 27.2 Å². The molecule has 0 aliphatic carbocycles. The first kappa shape index (κ1) is 31.3. The summed E-state index contributed by atoms with van der Waals surface area (Å²) in [7, 11) is 0.926. The number of hydrogen-bond acceptors (Lipinski definition) is 8. The van der Waals surface area contributed by atoms with Gasteiger partial charge >= 0.3 is 17.9 Å². The van der Waals surface area contributed by atoms with Crippen molar-refractivity contribution in [3.8, 4) is 0 Å². The minimum atomic E-state index is -3.78. The summed E-state index contributed by atoms with van der Waals surface area (Å²) in [6, 6.07) is 16.4. The number of esters is 3. The number of hydrogen-bond donors (Lipinski definition) is 0. The van der Waals surface area contributed by atoms with Crippen LogP contribution in [0.1, 0.15) is 45.7 Å². The molecule has 210 valence electrons. The summed E-state index contributed by atoms with van der Waals surface area (Å²) in [6.45, 7) is 5.99. The zero-order chi connectivity index (χ0) is 29.4. The van der Waals surface area contributed by atoms with Gasteiger partial charge in [0, 0.05) is 6.21 Å². The Balaban J connectivity index is 2.73. The Bertz CT molecular complexity index is 1200. The molecule has 39 heavy (non-hydrogen) atoms. The molecule has 0 spiro atoms. The molecule has 3 atom stereocenters. The lowest BCUT2D eigenvalue weighted by molar-refractivity contribution is -0.189. The molecule has 0 saturated heterocycles. The largest absolute Gasteiger partial charge is 0.469 e. The van der Waals surface area contributed by atoms with Gasteiger partial charge < -0.3 is 14.2 Å². The highest BCUT2D eigenvalue weighted by molar-refractivity contribution is 6.20. The van der Waals surface area contributed by atoms with Crippen molar-refractivity contribution in [2.45, 2.75) is 58.8 Å². The van der Waals surface area contributed by atoms with E-state index in [4.69, 9.17) is 9.47 Å². The van der Waals surface area contributed by atoms with Gasteiger partial charge in [-0.25, -0.2) is 13.6 Å². The Hall–Kier alpha value is -3.95. The van der Waals surface area contributed by atoms with Gasteiger partial charge in [-0.1, -0.05) is 67.6 Å². The standard InChI is InChI=1S/C29H33F2NO7/c1-19(22(33)37-6)29(24(30)31,26(36)38-18-21-15-11-8-12-16-21)23(34)28(5,25(35)39-27(2,3)4)32-17-20-13-9-7-10-14-20/h7-17,19,24H,18H2,1-6H3/b32-17+. The molecule has 0 fully saturated rings. The van der Waals surface area contributed by atoms with Crippen molar-refractivity contribution in [3.63, 3.8) is 0 Å². The molecule has 0 aliphatic heterocycles. The Morgan fingerprint density at radius 2 is 1.44 bits per heavy atom. The van der Waals surface area contributed by atoms with Gasteiger partial charge in [0.15, 0.2) is 5.78 Å². The number of alkyl halides is 2. The quantitative estimate of drug-likeness (QED) is 0.176. The van der Waals surface area contributed by atoms with Crippen molar-refractivity contribution in [1.82, 2.24) is 0 Å². The second kappa shape index (κ2) is 12.7. The van der Waals surface area contributed by atoms with E-state index >= 15 is 8.78 Å². The van der Waals surface area contributed by atoms with Crippen molar-refractivity contribution in [2.75, 3.05) is 7.11 Å². The van der Waals surface area contributed by atoms with Crippen LogP contribution in [-0.2, 0) is 40.0 Å². The van der Waals surface area contributed by atoms with Gasteiger partial charge in [0.25, 0.3) is 6.43 Å². The maximum absolute atomic E-state index is 15.1. The summed E-state index contributed by atoms with van der Waals surface area (Å²) in [6.07, 6.45) is -2.65. The molecular weight excluding hydrogens is 512 g/mol. The fourth-order valence-electron chi connectivity index (χ4n) is 3.78. The minimum absolute atomic E-state index is 0.440. The van der Waals surface area contributed by atoms with Crippen molar-refractivity contribution in [1.29, 1.82) is 0 Å². The summed E-state index contributed by atoms with van der Waals surface area (Å²) < 4.78 is 45.4. The van der Waals surface area contributed by atoms with Gasteiger partial charge in [-0.2, -0.15) is 0 Å². The van der Waals surface area contributed by atoms with Gasteiger partial charge in [0.2, 0.25) is 11.0 Å². The molecule has 0 aliphatic rings. The Kier molecular flexibility index (Phi) is 10.2. The maximum Gasteiger partial charge on any atom is 0.342 e. The summed E-state index contributed by atoms with van der Waals surface area (Å²) in [5, 5.41) is 0. The van der Waals surface area contributed by atoms with E-state index in [0.29, 0.717) is 11.1 Å². The second-order valence-electron chi connectivity index (χ2n) is 10.0. The average Bonchev–Trinajstić information content (AvgIpc) is 2.90. The normalized spacial score (nSPS) is 15.6. The van der Waals surface area contributed by atoms with Crippen LogP contribution in [0.5, 0.6) is 0 Å². The van der Waals surface area contributed by atoms with Gasteiger partial charge in [0.1, 0.15) is 12.2 Å². The van der Waals surface area contributed by atoms with Gasteiger partial charge in [-0.15, -0.1) is 0 Å². The Morgan fingerprint density at radius 3 is 1.92 bits per heavy atom. The summed E-state index contributed by atoms with van der Waals surface area (Å²) in [4.78, 5) is 57.7. The van der Waals surface area contributed by atoms with Crippen molar-refractivity contribution < 1.29 is 42.2 Å². The van der Waals surface area contributed by atoms with Gasteiger partial charge in [-0.3, -0.25) is 19.4 Å². The van der Waals surface area contributed by atoms with E-state index in [2.05, 4.69) is 9.73 Å². The number of methoxy groups -OCH3 is 1. The highest BCUT2D eigenvalue weighted by Crippen LogP contribution is 2.43. The highest BCUT2D eigenvalue weighted by atomic mass is 19.3. The monoisotopic (exact) mass is 545 g/mol. The van der Waals surface area contributed by atoms with Crippen LogP contribution >= 0.6 is 0 Å². The third-order valence-electron chi connectivity index (χ3n) is 6.02. The zero-order valence-electron chi connectivity index (χ0n) is 22.8. The molecule has 8 nitrogen and oxygen atoms in total. The molecule has 2 aromatic carbocycles. The van der Waals surface area contributed by atoms with Gasteiger partial charge in [-0.05, 0) is 38.8 Å². The summed E-state index contributed by atoms with van der Waals surface area (Å²) >= 11 is 0. The number of ether oxygens (including phenoxy) is 3. The van der Waals surface area contributed by atoms with E-state index in [9.17, 15) is 19.2 Å². The SMILES string of the molecule is COC(=O)C(C)C(C(=O)OCc1ccccc1)(C(=O)C(C)(/N=C/c1ccccc1)C(=O)OC(C)(C)C)C(F)F. The smallest absolute Gasteiger partial charge is 0.342 e. The van der Waals surface area contributed by atoms with Crippen LogP contribution in [-0.4, -0.2) is 54.6 Å². The Morgan fingerprint density at radius 1 is 0.897 bits per heavy atom. The zero-order valence-corrected chi connectivity index (χ0v) is 22.8. The lowest BCUT2D eigenvalue weighted by Crippen LogP contribution is -2.62. The Labute approximate surface area is 226 Å². The summed E-state index contributed by atoms with van der Waals surface area (Å²) in [5.41, 5.74) is -6.38. The van der Waals surface area contributed by atoms with Crippen molar-refractivity contribution in [2.24, 2.45) is 16.3 Å². The van der Waals surface area contributed by atoms with Crippen molar-refractivity contribution >= 4 is 29.9 Å². The predicted octanol–water partition coefficient (Wildman–Crippen LogP) is 4.58. The molecule has 0 radical (unpaired) electrons. The first-order valence-electron chi connectivity index (χ1n) is 12.2. The topological polar surface area (TPSA) is 108 Å². The molecule has 0 heterocycles. The van der Waals surface area contributed by atoms with Crippen LogP contribution in [0.3, 0.4) is 0 Å². The average molecular weight is 546 g/mol. The van der Waals surface area contributed by atoms with E-state index in [1.165, 1.54) is 20.8 Å². The molecule has 0 amide bonds. The number of rotatable bonds is 11. The van der Waals surface area contributed by atoms with Crippen LogP contribution in [0.15, 0.2) is 65.7 Å². The molecule has 10 heteroatoms. The summed E-state index contributed by atoms with van der Waals surface area (Å²) in [5.74, 6) is -7.98. The number of halogens is 2. The van der Waals surface area contributed by atoms with Gasteiger partial charge in [0.05, 0.1) is 13.0 Å². The van der Waals surface area contributed by atoms with Crippen LogP contribution in [0.2, 0.25) is 0 Å². The number of ketones is 1. The molecule has 3 unspecified atom stereocenters. The highest BCUT2D eigenvalue weighted by Gasteiger charge is 2.67. The fraction of sp³-hybridized carbons (Fsp3) is 0.414. The maximum atomic E-state index is 15.1. The first-order chi connectivity index (χ1) is 18.2. The van der Waals surface area contributed by atoms with Crippen LogP contribution in [0.25, 0.3) is 0 Å². The number of carbonyl (C=O) groups is 4. The lowest BCUT2D eigenvalue weighted by atomic mass is 9.67. The third kappa shape index (κ3) is 7.13. The second-order valence-corrected chi connectivity index (χ2v) is 10.0. The third-order valence-corrected chi connectivity index (χ3v) is 6.02. The van der Waals surface area contributed by atoms with Crippen molar-refractivity contribution in [3.05, 3.63) is 71.8 Å². The van der Waals surface area contributed by atoms with E-state index in [1.807, 2.05) is 0 Å². The van der Waals surface area contributed by atoms with Crippen LogP contribution in [0.4, 0.5) is 8.78 Å². The van der Waals surface area contributed by atoms with E-state index in [1.54, 1.807) is 60.7 Å². The van der Waals surface area contributed by atoms with Crippen LogP contribution in [0, 0.1) is 11.3 Å². The number of aliphatic imine (C=N–C) groups is 1. The van der Waals surface area contributed by atoms with E-state index in [-0.39, 0.29) is 0 Å². The number of nitrogens with zero attached hydrogens (tertiary/aromatic N) is 1. The number of Topliss-reactive ketones (excluding diaryl/α,β-unsaturated/α-hetero) is 1. The van der Waals surface area contributed by atoms with Crippen LogP contribution < -0.4 is 0 Å². The molecular formula is C29H33F2NO7. The molecule has 2 rings (SSSR count). The minimum Gasteiger partial charge on any atom is -0.469 e. The number of benzene rings is 2. The molecule has 0 N–H and O–H groups in total. The molecule has 2 aromatic rings. The predicted molar refractivity (Wildman–Crippen MR) is 139 cm³/mol.